The van der Waals surface area contributed by atoms with Crippen LogP contribution < -0.4 is 5.43 Å². The average Bonchev–Trinajstić information content (AvgIpc) is 2.37. The molecule has 5 nitrogen and oxygen atoms in total. The van der Waals surface area contributed by atoms with Crippen molar-refractivity contribution in [3.8, 4) is 0 Å². The smallest absolute Gasteiger partial charge is 0.303 e. The fraction of sp³-hybridized carbons (Fsp3) is 0.357. The van der Waals surface area contributed by atoms with Crippen molar-refractivity contribution in [2.75, 3.05) is 0 Å². The Balaban J connectivity index is 2.30. The van der Waals surface area contributed by atoms with Crippen LogP contribution in [0, 0.1) is 0 Å². The van der Waals surface area contributed by atoms with Gasteiger partial charge in [-0.05, 0) is 25.3 Å². The van der Waals surface area contributed by atoms with Gasteiger partial charge in [-0.1, -0.05) is 30.3 Å². The summed E-state index contributed by atoms with van der Waals surface area (Å²) < 4.78 is 0. The van der Waals surface area contributed by atoms with Crippen LogP contribution in [0.1, 0.15) is 31.7 Å². The number of rotatable bonds is 7. The molecule has 0 aliphatic heterocycles. The molecule has 0 saturated carbocycles. The molecule has 1 rings (SSSR count). The highest BCUT2D eigenvalue weighted by molar-refractivity contribution is 5.85. The summed E-state index contributed by atoms with van der Waals surface area (Å²) >= 11 is 0. The molecule has 2 N–H and O–H groups in total. The molecule has 19 heavy (non-hydrogen) atoms. The molecule has 0 unspecified atom stereocenters. The molecule has 5 heteroatoms. The van der Waals surface area contributed by atoms with Crippen LogP contribution >= 0.6 is 0 Å². The third-order valence-corrected chi connectivity index (χ3v) is 2.51. The first-order valence-electron chi connectivity index (χ1n) is 6.15. The maximum absolute atomic E-state index is 11.6. The van der Waals surface area contributed by atoms with Gasteiger partial charge in [0.15, 0.2) is 0 Å². The van der Waals surface area contributed by atoms with Gasteiger partial charge in [-0.15, -0.1) is 0 Å². The maximum Gasteiger partial charge on any atom is 0.303 e. The summed E-state index contributed by atoms with van der Waals surface area (Å²) in [6.45, 7) is 1.77. The van der Waals surface area contributed by atoms with Crippen molar-refractivity contribution >= 4 is 17.6 Å². The van der Waals surface area contributed by atoms with Crippen molar-refractivity contribution in [2.45, 2.75) is 32.6 Å². The molecule has 102 valence electrons. The first-order valence-corrected chi connectivity index (χ1v) is 6.15. The molecule has 0 heterocycles. The number of aliphatic carboxylic acids is 1. The minimum absolute atomic E-state index is 0.116. The maximum atomic E-state index is 11.6. The molecular formula is C14H18N2O3. The summed E-state index contributed by atoms with van der Waals surface area (Å²) in [5, 5.41) is 12.4. The van der Waals surface area contributed by atoms with Crippen molar-refractivity contribution in [1.29, 1.82) is 0 Å². The molecule has 1 aromatic carbocycles. The van der Waals surface area contributed by atoms with Gasteiger partial charge in [-0.3, -0.25) is 9.59 Å². The molecule has 0 saturated heterocycles. The van der Waals surface area contributed by atoms with Crippen molar-refractivity contribution in [2.24, 2.45) is 5.10 Å². The van der Waals surface area contributed by atoms with Gasteiger partial charge in [-0.25, -0.2) is 5.43 Å². The number of hydrazone groups is 1. The Kier molecular flexibility index (Phi) is 6.29. The second-order valence-corrected chi connectivity index (χ2v) is 4.29. The lowest BCUT2D eigenvalue weighted by molar-refractivity contribution is -0.137. The number of benzene rings is 1. The molecule has 0 aliphatic rings. The highest BCUT2D eigenvalue weighted by Crippen LogP contribution is 2.00. The van der Waals surface area contributed by atoms with Crippen molar-refractivity contribution < 1.29 is 14.7 Å². The van der Waals surface area contributed by atoms with E-state index in [1.807, 2.05) is 30.3 Å². The number of carbonyl (C=O) groups is 2. The van der Waals surface area contributed by atoms with Gasteiger partial charge in [0, 0.05) is 12.1 Å². The van der Waals surface area contributed by atoms with E-state index in [9.17, 15) is 9.59 Å². The van der Waals surface area contributed by atoms with Crippen LogP contribution in [0.5, 0.6) is 0 Å². The SMILES string of the molecule is CC(CCCC(=O)O)=NNC(=O)Cc1ccccc1. The van der Waals surface area contributed by atoms with E-state index < -0.39 is 5.97 Å². The number of nitrogens with zero attached hydrogens (tertiary/aromatic N) is 1. The fourth-order valence-electron chi connectivity index (χ4n) is 1.53. The molecule has 0 aliphatic carbocycles. The van der Waals surface area contributed by atoms with Crippen molar-refractivity contribution in [1.82, 2.24) is 5.43 Å². The summed E-state index contributed by atoms with van der Waals surface area (Å²) in [6.07, 6.45) is 1.49. The van der Waals surface area contributed by atoms with Crippen LogP contribution in [0.3, 0.4) is 0 Å². The van der Waals surface area contributed by atoms with Gasteiger partial charge in [0.05, 0.1) is 6.42 Å². The van der Waals surface area contributed by atoms with E-state index in [-0.39, 0.29) is 18.7 Å². The number of carbonyl (C=O) groups excluding carboxylic acids is 1. The predicted molar refractivity (Wildman–Crippen MR) is 72.9 cm³/mol. The zero-order chi connectivity index (χ0) is 14.1. The van der Waals surface area contributed by atoms with E-state index in [4.69, 9.17) is 5.11 Å². The van der Waals surface area contributed by atoms with E-state index in [2.05, 4.69) is 10.5 Å². The van der Waals surface area contributed by atoms with Gasteiger partial charge in [-0.2, -0.15) is 5.10 Å². The van der Waals surface area contributed by atoms with Crippen LogP contribution in [-0.4, -0.2) is 22.7 Å². The number of carboxylic acid groups (broad SMARTS) is 1. The third kappa shape index (κ3) is 6.98. The lowest BCUT2D eigenvalue weighted by atomic mass is 10.1. The Morgan fingerprint density at radius 2 is 1.89 bits per heavy atom. The minimum Gasteiger partial charge on any atom is -0.481 e. The van der Waals surface area contributed by atoms with E-state index in [1.54, 1.807) is 6.92 Å². The zero-order valence-electron chi connectivity index (χ0n) is 10.9. The number of carboxylic acids is 1. The quantitative estimate of drug-likeness (QED) is 0.582. The summed E-state index contributed by atoms with van der Waals surface area (Å²) in [6, 6.07) is 9.41. The van der Waals surface area contributed by atoms with Gasteiger partial charge in [0.25, 0.3) is 0 Å². The number of hydrogen-bond acceptors (Lipinski definition) is 3. The van der Waals surface area contributed by atoms with Crippen LogP contribution in [0.2, 0.25) is 0 Å². The Bertz CT molecular complexity index is 455. The van der Waals surface area contributed by atoms with E-state index >= 15 is 0 Å². The van der Waals surface area contributed by atoms with Gasteiger partial charge >= 0.3 is 5.97 Å². The third-order valence-electron chi connectivity index (χ3n) is 2.51. The second kappa shape index (κ2) is 8.02. The Labute approximate surface area is 112 Å². The van der Waals surface area contributed by atoms with Crippen molar-refractivity contribution in [3.63, 3.8) is 0 Å². The first-order chi connectivity index (χ1) is 9.08. The molecular weight excluding hydrogens is 244 g/mol. The summed E-state index contributed by atoms with van der Waals surface area (Å²) in [5.74, 6) is -0.996. The van der Waals surface area contributed by atoms with Gasteiger partial charge in [0.1, 0.15) is 0 Å². The molecule has 0 atom stereocenters. The minimum atomic E-state index is -0.819. The van der Waals surface area contributed by atoms with Crippen LogP contribution in [-0.2, 0) is 16.0 Å². The van der Waals surface area contributed by atoms with Crippen LogP contribution in [0.25, 0.3) is 0 Å². The topological polar surface area (TPSA) is 78.8 Å². The molecule has 0 radical (unpaired) electrons. The zero-order valence-corrected chi connectivity index (χ0v) is 10.9. The summed E-state index contributed by atoms with van der Waals surface area (Å²) in [7, 11) is 0. The molecule has 0 fully saturated rings. The average molecular weight is 262 g/mol. The predicted octanol–water partition coefficient (Wildman–Crippen LogP) is 1.98. The highest BCUT2D eigenvalue weighted by atomic mass is 16.4. The number of amides is 1. The summed E-state index contributed by atoms with van der Waals surface area (Å²) in [5.41, 5.74) is 4.12. The lowest BCUT2D eigenvalue weighted by Gasteiger charge is -2.02. The standard InChI is InChI=1S/C14H18N2O3/c1-11(6-5-9-14(18)19)15-16-13(17)10-12-7-3-2-4-8-12/h2-4,7-8H,5-6,9-10H2,1H3,(H,16,17)(H,18,19). The Morgan fingerprint density at radius 3 is 2.53 bits per heavy atom. The van der Waals surface area contributed by atoms with Gasteiger partial charge in [0.2, 0.25) is 5.91 Å². The second-order valence-electron chi connectivity index (χ2n) is 4.29. The van der Waals surface area contributed by atoms with E-state index in [0.717, 1.165) is 11.3 Å². The molecule has 0 aromatic heterocycles. The van der Waals surface area contributed by atoms with E-state index in [1.165, 1.54) is 0 Å². The van der Waals surface area contributed by atoms with E-state index in [0.29, 0.717) is 12.8 Å². The largest absolute Gasteiger partial charge is 0.481 e. The van der Waals surface area contributed by atoms with Crippen LogP contribution in [0.15, 0.2) is 35.4 Å². The number of nitrogens with one attached hydrogen (secondary N) is 1. The van der Waals surface area contributed by atoms with Gasteiger partial charge < -0.3 is 5.11 Å². The highest BCUT2D eigenvalue weighted by Gasteiger charge is 2.02. The molecule has 0 bridgehead atoms. The van der Waals surface area contributed by atoms with Crippen molar-refractivity contribution in [3.05, 3.63) is 35.9 Å². The first kappa shape index (κ1) is 14.9. The number of hydrogen-bond donors (Lipinski definition) is 2. The molecule has 1 amide bonds. The van der Waals surface area contributed by atoms with Crippen LogP contribution in [0.4, 0.5) is 0 Å². The fourth-order valence-corrected chi connectivity index (χ4v) is 1.53. The molecule has 0 spiro atoms. The normalized spacial score (nSPS) is 11.1. The monoisotopic (exact) mass is 262 g/mol. The molecule has 1 aromatic rings. The Morgan fingerprint density at radius 1 is 1.21 bits per heavy atom. The summed E-state index contributed by atoms with van der Waals surface area (Å²) in [4.78, 5) is 21.9. The Hall–Kier alpha value is -2.17. The lowest BCUT2D eigenvalue weighted by Crippen LogP contribution is -2.21.